The van der Waals surface area contributed by atoms with Gasteiger partial charge in [-0.1, -0.05) is 50.6 Å². The van der Waals surface area contributed by atoms with Crippen LogP contribution in [-0.4, -0.2) is 28.8 Å². The lowest BCUT2D eigenvalue weighted by molar-refractivity contribution is 0.175. The van der Waals surface area contributed by atoms with Crippen molar-refractivity contribution in [2.24, 2.45) is 5.41 Å². The van der Waals surface area contributed by atoms with Crippen LogP contribution in [0, 0.1) is 5.41 Å². The van der Waals surface area contributed by atoms with Crippen molar-refractivity contribution >= 4 is 22.8 Å². The first-order valence-electron chi connectivity index (χ1n) is 12.3. The average molecular weight is 446 g/mol. The predicted octanol–water partition coefficient (Wildman–Crippen LogP) is 6.68. The lowest BCUT2D eigenvalue weighted by atomic mass is 9.75. The Bertz CT molecular complexity index is 1160. The van der Waals surface area contributed by atoms with E-state index in [9.17, 15) is 4.79 Å². The molecule has 3 aromatic rings. The third kappa shape index (κ3) is 4.03. The van der Waals surface area contributed by atoms with Gasteiger partial charge in [-0.25, -0.2) is 9.78 Å². The number of anilines is 1. The molecule has 2 atom stereocenters. The Morgan fingerprint density at radius 3 is 2.67 bits per heavy atom. The summed E-state index contributed by atoms with van der Waals surface area (Å²) >= 11 is 0. The van der Waals surface area contributed by atoms with Crippen molar-refractivity contribution in [2.75, 3.05) is 12.0 Å². The number of hydrogen-bond acceptors (Lipinski definition) is 3. The SMILES string of the molecule is COC(=O)N1c2ccc3c(nc(Cc4ccccc4)n3[C@@H]3CCCC(C)(C)C3)c2CC[C@@H]1C. The topological polar surface area (TPSA) is 47.4 Å². The molecule has 2 aromatic carbocycles. The van der Waals surface area contributed by atoms with E-state index in [1.165, 1.54) is 49.4 Å². The predicted molar refractivity (Wildman–Crippen MR) is 133 cm³/mol. The number of carbonyl (C=O) groups excluding carboxylic acids is 1. The molecule has 1 aliphatic heterocycles. The van der Waals surface area contributed by atoms with E-state index in [4.69, 9.17) is 9.72 Å². The minimum absolute atomic E-state index is 0.118. The lowest BCUT2D eigenvalue weighted by Crippen LogP contribution is -2.42. The van der Waals surface area contributed by atoms with E-state index in [0.29, 0.717) is 11.5 Å². The molecule has 1 saturated carbocycles. The highest BCUT2D eigenvalue weighted by Crippen LogP contribution is 2.44. The highest BCUT2D eigenvalue weighted by atomic mass is 16.5. The molecule has 5 nitrogen and oxygen atoms in total. The number of benzene rings is 2. The number of fused-ring (bicyclic) bond motifs is 3. The molecule has 2 aliphatic rings. The van der Waals surface area contributed by atoms with E-state index < -0.39 is 0 Å². The van der Waals surface area contributed by atoms with Crippen LogP contribution in [0.15, 0.2) is 42.5 Å². The van der Waals surface area contributed by atoms with Crippen LogP contribution in [0.3, 0.4) is 0 Å². The summed E-state index contributed by atoms with van der Waals surface area (Å²) in [6.07, 6.45) is 7.27. The van der Waals surface area contributed by atoms with Crippen LogP contribution in [0.1, 0.15) is 75.9 Å². The zero-order valence-corrected chi connectivity index (χ0v) is 20.3. The molecule has 174 valence electrons. The number of aromatic nitrogens is 2. The van der Waals surface area contributed by atoms with Crippen molar-refractivity contribution < 1.29 is 9.53 Å². The van der Waals surface area contributed by atoms with E-state index in [1.807, 2.05) is 0 Å². The fourth-order valence-electron chi connectivity index (χ4n) is 6.01. The van der Waals surface area contributed by atoms with Crippen molar-refractivity contribution in [2.45, 2.75) is 77.8 Å². The number of nitrogens with zero attached hydrogens (tertiary/aromatic N) is 3. The van der Waals surface area contributed by atoms with Gasteiger partial charge in [0.15, 0.2) is 0 Å². The van der Waals surface area contributed by atoms with Crippen LogP contribution in [0.4, 0.5) is 10.5 Å². The molecule has 1 aromatic heterocycles. The Morgan fingerprint density at radius 1 is 1.15 bits per heavy atom. The van der Waals surface area contributed by atoms with Crippen LogP contribution >= 0.6 is 0 Å². The first kappa shape index (κ1) is 22.0. The first-order chi connectivity index (χ1) is 15.9. The Hall–Kier alpha value is -2.82. The average Bonchev–Trinajstić information content (AvgIpc) is 3.16. The van der Waals surface area contributed by atoms with E-state index in [-0.39, 0.29) is 12.1 Å². The minimum atomic E-state index is -0.291. The van der Waals surface area contributed by atoms with Gasteiger partial charge in [-0.15, -0.1) is 0 Å². The largest absolute Gasteiger partial charge is 0.452 e. The molecule has 0 N–H and O–H groups in total. The number of carbonyl (C=O) groups is 1. The Balaban J connectivity index is 1.67. The van der Waals surface area contributed by atoms with E-state index >= 15 is 0 Å². The number of hydrogen-bond donors (Lipinski definition) is 0. The van der Waals surface area contributed by atoms with Gasteiger partial charge in [0, 0.05) is 24.1 Å². The molecule has 0 saturated heterocycles. The maximum absolute atomic E-state index is 12.6. The zero-order chi connectivity index (χ0) is 23.2. The van der Waals surface area contributed by atoms with Crippen LogP contribution in [0.5, 0.6) is 0 Å². The summed E-state index contributed by atoms with van der Waals surface area (Å²) < 4.78 is 7.65. The standard InChI is InChI=1S/C28H35N3O2/c1-19-12-13-22-23(30(19)27(32)33-4)14-15-24-26(22)29-25(17-20-9-6-5-7-10-20)31(24)21-11-8-16-28(2,3)18-21/h5-7,9-10,14-15,19,21H,8,11-13,16-18H2,1-4H3/t19-,21+/m0/s1. The fourth-order valence-corrected chi connectivity index (χ4v) is 6.01. The molecule has 0 radical (unpaired) electrons. The fraction of sp³-hybridized carbons (Fsp3) is 0.500. The monoisotopic (exact) mass is 445 g/mol. The quantitative estimate of drug-likeness (QED) is 0.452. The van der Waals surface area contributed by atoms with Crippen LogP contribution in [0.2, 0.25) is 0 Å². The second kappa shape index (κ2) is 8.51. The van der Waals surface area contributed by atoms with Crippen molar-refractivity contribution in [1.82, 2.24) is 9.55 Å². The number of aryl methyl sites for hydroxylation is 1. The minimum Gasteiger partial charge on any atom is -0.452 e. The van der Waals surface area contributed by atoms with Gasteiger partial charge in [0.05, 0.1) is 23.8 Å². The zero-order valence-electron chi connectivity index (χ0n) is 20.3. The summed E-state index contributed by atoms with van der Waals surface area (Å²) in [5, 5.41) is 0. The van der Waals surface area contributed by atoms with E-state index in [1.54, 1.807) is 4.90 Å². The number of rotatable bonds is 3. The van der Waals surface area contributed by atoms with Gasteiger partial charge in [0.1, 0.15) is 5.82 Å². The number of methoxy groups -OCH3 is 1. The summed E-state index contributed by atoms with van der Waals surface area (Å²) in [5.74, 6) is 1.13. The van der Waals surface area contributed by atoms with Gasteiger partial charge in [-0.05, 0) is 62.1 Å². The summed E-state index contributed by atoms with van der Waals surface area (Å²) in [6, 6.07) is 15.5. The van der Waals surface area contributed by atoms with Gasteiger partial charge in [0.25, 0.3) is 0 Å². The highest BCUT2D eigenvalue weighted by Gasteiger charge is 2.34. The third-order valence-electron chi connectivity index (χ3n) is 7.65. The lowest BCUT2D eigenvalue weighted by Gasteiger charge is -2.37. The molecule has 0 spiro atoms. The van der Waals surface area contributed by atoms with Crippen molar-refractivity contribution in [3.05, 3.63) is 59.4 Å². The number of ether oxygens (including phenoxy) is 1. The van der Waals surface area contributed by atoms with Crippen molar-refractivity contribution in [3.8, 4) is 0 Å². The molecule has 0 bridgehead atoms. The second-order valence-electron chi connectivity index (χ2n) is 10.6. The van der Waals surface area contributed by atoms with Gasteiger partial charge >= 0.3 is 6.09 Å². The van der Waals surface area contributed by atoms with Crippen molar-refractivity contribution in [3.63, 3.8) is 0 Å². The van der Waals surface area contributed by atoms with Gasteiger partial charge in [-0.2, -0.15) is 0 Å². The third-order valence-corrected chi connectivity index (χ3v) is 7.65. The maximum atomic E-state index is 12.6. The number of imidazole rings is 1. The molecular weight excluding hydrogens is 410 g/mol. The molecule has 33 heavy (non-hydrogen) atoms. The Kier molecular flexibility index (Phi) is 5.67. The molecule has 5 heteroatoms. The van der Waals surface area contributed by atoms with Gasteiger partial charge < -0.3 is 9.30 Å². The summed E-state index contributed by atoms with van der Waals surface area (Å²) in [7, 11) is 1.46. The molecule has 1 aliphatic carbocycles. The first-order valence-corrected chi connectivity index (χ1v) is 12.3. The van der Waals surface area contributed by atoms with Crippen LogP contribution in [-0.2, 0) is 17.6 Å². The molecular formula is C28H35N3O2. The Morgan fingerprint density at radius 2 is 1.94 bits per heavy atom. The van der Waals surface area contributed by atoms with Crippen LogP contribution in [0.25, 0.3) is 11.0 Å². The van der Waals surface area contributed by atoms with Gasteiger partial charge in [-0.3, -0.25) is 4.90 Å². The number of amides is 1. The molecule has 0 unspecified atom stereocenters. The molecule has 2 heterocycles. The van der Waals surface area contributed by atoms with Gasteiger partial charge in [0.2, 0.25) is 0 Å². The highest BCUT2D eigenvalue weighted by molar-refractivity contribution is 5.95. The summed E-state index contributed by atoms with van der Waals surface area (Å²) in [4.78, 5) is 19.7. The second-order valence-corrected chi connectivity index (χ2v) is 10.6. The summed E-state index contributed by atoms with van der Waals surface area (Å²) in [5.41, 5.74) is 6.02. The summed E-state index contributed by atoms with van der Waals surface area (Å²) in [6.45, 7) is 6.88. The van der Waals surface area contributed by atoms with Crippen molar-refractivity contribution in [1.29, 1.82) is 0 Å². The van der Waals surface area contributed by atoms with E-state index in [0.717, 1.165) is 36.3 Å². The van der Waals surface area contributed by atoms with E-state index in [2.05, 4.69) is 67.8 Å². The maximum Gasteiger partial charge on any atom is 0.414 e. The smallest absolute Gasteiger partial charge is 0.414 e. The molecule has 1 fully saturated rings. The molecule has 5 rings (SSSR count). The molecule has 1 amide bonds. The normalized spacial score (nSPS) is 22.2. The Labute approximate surface area is 196 Å². The van der Waals surface area contributed by atoms with Crippen LogP contribution < -0.4 is 4.90 Å².